The zero-order valence-electron chi connectivity index (χ0n) is 59.6. The topological polar surface area (TPSA) is 292 Å². The van der Waals surface area contributed by atoms with Crippen LogP contribution >= 0.6 is 0 Å². The summed E-state index contributed by atoms with van der Waals surface area (Å²) in [4.78, 5) is 8.08. The molecule has 0 amide bonds. The second-order valence-electron chi connectivity index (χ2n) is 22.7. The lowest BCUT2D eigenvalue weighted by Gasteiger charge is -2.33. The van der Waals surface area contributed by atoms with Crippen molar-refractivity contribution in [2.24, 2.45) is 0 Å². The Kier molecular flexibility index (Phi) is 60.5. The fourth-order valence-electron chi connectivity index (χ4n) is 8.19. The third kappa shape index (κ3) is 54.8. The molecule has 4 aliphatic rings. The number of sulfone groups is 4. The van der Waals surface area contributed by atoms with E-state index in [-0.39, 0.29) is 53.0 Å². The Bertz CT molecular complexity index is 2520. The molecule has 6 rings (SSSR count). The molecule has 0 saturated carbocycles. The minimum Gasteiger partial charge on any atom is -0.385 e. The number of hydrogen-bond acceptors (Lipinski definition) is 24. The van der Waals surface area contributed by atoms with Crippen molar-refractivity contribution in [2.45, 2.75) is 159 Å². The Labute approximate surface area is 568 Å². The van der Waals surface area contributed by atoms with E-state index in [1.54, 1.807) is 110 Å². The number of hydrogen-bond donors (Lipinski definition) is 0. The van der Waals surface area contributed by atoms with Gasteiger partial charge in [-0.25, -0.2) is 33.7 Å². The van der Waals surface area contributed by atoms with Crippen LogP contribution < -0.4 is 0 Å². The molecular weight excluding hydrogens is 1300 g/mol. The van der Waals surface area contributed by atoms with Gasteiger partial charge < -0.3 is 66.3 Å². The van der Waals surface area contributed by atoms with Gasteiger partial charge in [-0.15, -0.1) is 6.42 Å². The molecule has 4 saturated heterocycles. The molecule has 4 aliphatic heterocycles. The first-order chi connectivity index (χ1) is 44.6. The van der Waals surface area contributed by atoms with Gasteiger partial charge in [0, 0.05) is 103 Å². The molecule has 552 valence electrons. The average molecular weight is 1420 g/mol. The van der Waals surface area contributed by atoms with Crippen LogP contribution in [-0.4, -0.2) is 262 Å². The van der Waals surface area contributed by atoms with Crippen molar-refractivity contribution < 1.29 is 100.0 Å². The molecule has 2 aromatic heterocycles. The van der Waals surface area contributed by atoms with Gasteiger partial charge in [0.1, 0.15) is 6.10 Å². The van der Waals surface area contributed by atoms with Crippen LogP contribution in [0.3, 0.4) is 0 Å². The molecule has 28 heteroatoms. The van der Waals surface area contributed by atoms with Crippen LogP contribution in [0.25, 0.3) is 0 Å². The number of unbranched alkanes of at least 4 members (excludes halogenated alkanes) is 2. The minimum atomic E-state index is -2.88. The zero-order chi connectivity index (χ0) is 71.6. The average Bonchev–Trinajstić information content (AvgIpc) is 0.814. The zero-order valence-corrected chi connectivity index (χ0v) is 62.9. The number of nitrogens with zero attached hydrogens (tertiary/aromatic N) is 2. The number of ether oxygens (including phenoxy) is 14. The van der Waals surface area contributed by atoms with Gasteiger partial charge in [-0.1, -0.05) is 30.2 Å². The smallest absolute Gasteiger partial charge is 0.155 e. The van der Waals surface area contributed by atoms with E-state index in [9.17, 15) is 33.7 Å². The lowest BCUT2D eigenvalue weighted by molar-refractivity contribution is 0.0514. The summed E-state index contributed by atoms with van der Waals surface area (Å²) in [5, 5.41) is -0.221. The normalized spacial score (nSPS) is 20.4. The summed E-state index contributed by atoms with van der Waals surface area (Å²) < 4.78 is 158. The van der Waals surface area contributed by atoms with Crippen LogP contribution in [-0.2, 0) is 119 Å². The van der Waals surface area contributed by atoms with Crippen molar-refractivity contribution in [1.29, 1.82) is 0 Å². The van der Waals surface area contributed by atoms with Crippen LogP contribution in [0, 0.1) is 12.3 Å². The molecule has 0 aliphatic carbocycles. The van der Waals surface area contributed by atoms with Crippen LogP contribution in [0.15, 0.2) is 61.1 Å². The van der Waals surface area contributed by atoms with E-state index in [1.807, 2.05) is 44.2 Å². The molecule has 0 spiro atoms. The van der Waals surface area contributed by atoms with E-state index >= 15 is 0 Å². The van der Waals surface area contributed by atoms with Crippen molar-refractivity contribution in [3.05, 3.63) is 72.3 Å². The predicted molar refractivity (Wildman–Crippen MR) is 371 cm³/mol. The Balaban J connectivity index is -0.000000994. The Morgan fingerprint density at radius 3 is 1.55 bits per heavy atom. The summed E-state index contributed by atoms with van der Waals surface area (Å²) in [5.41, 5.74) is 3.09. The van der Waals surface area contributed by atoms with E-state index in [0.29, 0.717) is 128 Å². The second kappa shape index (κ2) is 59.9. The van der Waals surface area contributed by atoms with Gasteiger partial charge in [0.05, 0.1) is 147 Å². The molecule has 0 bridgehead atoms. The summed E-state index contributed by atoms with van der Waals surface area (Å²) >= 11 is 0. The molecule has 5 unspecified atom stereocenters. The Morgan fingerprint density at radius 1 is 0.585 bits per heavy atom. The van der Waals surface area contributed by atoms with Crippen molar-refractivity contribution in [2.75, 3.05) is 178 Å². The monoisotopic (exact) mass is 1420 g/mol. The third-order valence-corrected chi connectivity index (χ3v) is 22.5. The summed E-state index contributed by atoms with van der Waals surface area (Å²) in [6.07, 6.45) is 19.7. The fraction of sp³-hybridized carbons (Fsp3) is 0.788. The Hall–Kier alpha value is -3.16. The first kappa shape index (κ1) is 95.0. The van der Waals surface area contributed by atoms with E-state index in [0.717, 1.165) is 55.7 Å². The number of methoxy groups -OCH3 is 10. The van der Waals surface area contributed by atoms with Crippen LogP contribution in [0.4, 0.5) is 0 Å². The number of pyridine rings is 2. The molecule has 5 atom stereocenters. The molecule has 0 radical (unpaired) electrons. The predicted octanol–water partition coefficient (Wildman–Crippen LogP) is 7.84. The molecule has 6 heterocycles. The molecule has 0 aromatic carbocycles. The molecule has 0 N–H and O–H groups in total. The van der Waals surface area contributed by atoms with Crippen LogP contribution in [0.5, 0.6) is 0 Å². The first-order valence-electron chi connectivity index (χ1n) is 31.7. The van der Waals surface area contributed by atoms with E-state index in [2.05, 4.69) is 22.5 Å². The van der Waals surface area contributed by atoms with Gasteiger partial charge in [-0.3, -0.25) is 9.97 Å². The van der Waals surface area contributed by atoms with Crippen molar-refractivity contribution in [3.8, 4) is 12.3 Å². The van der Waals surface area contributed by atoms with Crippen LogP contribution in [0.2, 0.25) is 0 Å². The summed E-state index contributed by atoms with van der Waals surface area (Å²) in [6.45, 7) is 21.3. The molecule has 4 fully saturated rings. The molecule has 24 nitrogen and oxygen atoms in total. The fourth-order valence-corrected chi connectivity index (χ4v) is 14.3. The highest BCUT2D eigenvalue weighted by Gasteiger charge is 2.41. The van der Waals surface area contributed by atoms with Crippen LogP contribution in [0.1, 0.15) is 117 Å². The van der Waals surface area contributed by atoms with Crippen molar-refractivity contribution >= 4 is 39.3 Å². The van der Waals surface area contributed by atoms with Crippen molar-refractivity contribution in [1.82, 2.24) is 9.97 Å². The third-order valence-electron chi connectivity index (χ3n) is 14.2. The van der Waals surface area contributed by atoms with Gasteiger partial charge in [-0.2, -0.15) is 0 Å². The first-order valence-corrected chi connectivity index (χ1v) is 38.7. The largest absolute Gasteiger partial charge is 0.385 e. The van der Waals surface area contributed by atoms with E-state index < -0.39 is 44.1 Å². The summed E-state index contributed by atoms with van der Waals surface area (Å²) in [7, 11) is 5.38. The SMILES string of the molecule is C#CC(C)OCCOC.C=C(C)COCCOC.COC1CCCS(=O)(=O)C1.COC1CCS(=O)(=O)C(C)(C)C1.COC1CCS(=O)(=O)C(C)C1.COC1CCS(=O)(=O)CC1.COCCCCCOC.COCCOCc1ccccn1.COCCOCc1cccnc1. The highest BCUT2D eigenvalue weighted by atomic mass is 32.2. The second-order valence-corrected chi connectivity index (χ2v) is 32.5. The van der Waals surface area contributed by atoms with Gasteiger partial charge in [0.2, 0.25) is 0 Å². The highest BCUT2D eigenvalue weighted by Crippen LogP contribution is 2.31. The van der Waals surface area contributed by atoms with Gasteiger partial charge >= 0.3 is 0 Å². The van der Waals surface area contributed by atoms with E-state index in [1.165, 1.54) is 6.42 Å². The number of aromatic nitrogens is 2. The molecule has 94 heavy (non-hydrogen) atoms. The highest BCUT2D eigenvalue weighted by molar-refractivity contribution is 7.93. The maximum atomic E-state index is 11.5. The summed E-state index contributed by atoms with van der Waals surface area (Å²) in [5.74, 6) is 4.14. The minimum absolute atomic E-state index is 0.0567. The quantitative estimate of drug-likeness (QED) is 0.0425. The van der Waals surface area contributed by atoms with Gasteiger partial charge in [0.15, 0.2) is 39.3 Å². The lowest BCUT2D eigenvalue weighted by atomic mass is 10.0. The maximum Gasteiger partial charge on any atom is 0.155 e. The molecule has 2 aromatic rings. The number of rotatable bonds is 29. The molecular formula is C66H122N2O22S4. The standard InChI is InChI=1S/2C9H13NO2.C8H16O3S.C7H14O3S.C7H14O2.C7H16O2.C7H12O2.2C6H12O3S/c1-11-5-6-12-8-9-3-2-4-10-7-9;1-11-6-7-12-8-9-4-2-3-5-10-9;1-8(2)6-7(11-3)4-5-12(8,9)10;1-6-5-7(10-2)3-4-11(6,8)9;1-7(2)6-9-5-4-8-3;1-8-6-4-3-5-7-9-2;1-4-7(2)9-6-5-8-3;1-9-6-2-4-10(7,8)5-3-6;1-9-6-3-2-4-10(7,8)5-6/h2-4,7H,5-6,8H2,1H3;2-5H,6-8H2,1H3;7H,4-6H2,1-3H3;6-7H,3-5H2,1-2H3;1,4-6H2,2-3H3;3-7H2,1-2H3;1,7H,5-6H2,2-3H3;2*6H,2-5H2,1H3. The maximum absolute atomic E-state index is 11.5. The van der Waals surface area contributed by atoms with Gasteiger partial charge in [-0.05, 0) is 129 Å². The summed E-state index contributed by atoms with van der Waals surface area (Å²) in [6, 6.07) is 9.66. The van der Waals surface area contributed by atoms with E-state index in [4.69, 9.17) is 72.7 Å². The van der Waals surface area contributed by atoms with Gasteiger partial charge in [0.25, 0.3) is 0 Å². The van der Waals surface area contributed by atoms with Crippen molar-refractivity contribution in [3.63, 3.8) is 0 Å². The lowest BCUT2D eigenvalue weighted by Crippen LogP contribution is -2.43. The Morgan fingerprint density at radius 2 is 1.11 bits per heavy atom. The number of terminal acetylenes is 1.